The van der Waals surface area contributed by atoms with Gasteiger partial charge in [0.15, 0.2) is 5.82 Å². The molecule has 2 rings (SSSR count). The van der Waals surface area contributed by atoms with E-state index < -0.39 is 6.10 Å². The SMILES string of the molecule is N#Cc1ccnc(NCC(O)c2ccsc2)c1N. The first kappa shape index (κ1) is 12.4. The molecule has 92 valence electrons. The van der Waals surface area contributed by atoms with E-state index in [0.29, 0.717) is 23.6 Å². The number of aromatic nitrogens is 1. The number of nitrogens with two attached hydrogens (primary N) is 1. The number of nitrogens with zero attached hydrogens (tertiary/aromatic N) is 2. The second kappa shape index (κ2) is 5.49. The summed E-state index contributed by atoms with van der Waals surface area (Å²) in [5, 5.41) is 25.5. The quantitative estimate of drug-likeness (QED) is 0.778. The van der Waals surface area contributed by atoms with Gasteiger partial charge in [-0.05, 0) is 28.5 Å². The number of rotatable bonds is 4. The van der Waals surface area contributed by atoms with E-state index in [-0.39, 0.29) is 0 Å². The van der Waals surface area contributed by atoms with Crippen LogP contribution in [-0.2, 0) is 0 Å². The predicted molar refractivity (Wildman–Crippen MR) is 71.1 cm³/mol. The molecule has 0 radical (unpaired) electrons. The molecule has 0 fully saturated rings. The minimum Gasteiger partial charge on any atom is -0.395 e. The molecule has 0 amide bonds. The number of aliphatic hydroxyl groups is 1. The zero-order valence-electron chi connectivity index (χ0n) is 9.50. The maximum atomic E-state index is 9.90. The summed E-state index contributed by atoms with van der Waals surface area (Å²) in [6.07, 6.45) is 0.886. The van der Waals surface area contributed by atoms with E-state index in [2.05, 4.69) is 10.3 Å². The van der Waals surface area contributed by atoms with Crippen LogP contribution >= 0.6 is 11.3 Å². The molecule has 0 aliphatic rings. The van der Waals surface area contributed by atoms with Crippen LogP contribution in [0.3, 0.4) is 0 Å². The molecular weight excluding hydrogens is 248 g/mol. The van der Waals surface area contributed by atoms with Crippen LogP contribution in [0.25, 0.3) is 0 Å². The zero-order chi connectivity index (χ0) is 13.0. The lowest BCUT2D eigenvalue weighted by Crippen LogP contribution is -2.14. The number of anilines is 2. The summed E-state index contributed by atoms with van der Waals surface area (Å²) in [4.78, 5) is 4.04. The van der Waals surface area contributed by atoms with Crippen LogP contribution in [0.15, 0.2) is 29.1 Å². The van der Waals surface area contributed by atoms with E-state index in [1.165, 1.54) is 17.5 Å². The first-order chi connectivity index (χ1) is 8.72. The van der Waals surface area contributed by atoms with Gasteiger partial charge >= 0.3 is 0 Å². The van der Waals surface area contributed by atoms with E-state index in [1.54, 1.807) is 6.07 Å². The van der Waals surface area contributed by atoms with Crippen molar-refractivity contribution in [3.8, 4) is 6.07 Å². The number of hydrogen-bond donors (Lipinski definition) is 3. The Balaban J connectivity index is 2.05. The smallest absolute Gasteiger partial charge is 0.150 e. The minimum absolute atomic E-state index is 0.294. The molecule has 2 heterocycles. The van der Waals surface area contributed by atoms with Crippen LogP contribution in [-0.4, -0.2) is 16.6 Å². The highest BCUT2D eigenvalue weighted by atomic mass is 32.1. The largest absolute Gasteiger partial charge is 0.395 e. The molecule has 0 aromatic carbocycles. The molecule has 6 heteroatoms. The van der Waals surface area contributed by atoms with Crippen molar-refractivity contribution < 1.29 is 5.11 Å². The summed E-state index contributed by atoms with van der Waals surface area (Å²) in [6, 6.07) is 5.40. The van der Waals surface area contributed by atoms with E-state index >= 15 is 0 Å². The Morgan fingerprint density at radius 3 is 3.06 bits per heavy atom. The van der Waals surface area contributed by atoms with Crippen molar-refractivity contribution in [3.05, 3.63) is 40.2 Å². The van der Waals surface area contributed by atoms with E-state index in [4.69, 9.17) is 11.0 Å². The molecule has 2 aromatic rings. The molecular formula is C12H12N4OS. The maximum Gasteiger partial charge on any atom is 0.150 e. The molecule has 1 unspecified atom stereocenters. The lowest BCUT2D eigenvalue weighted by atomic mass is 10.2. The minimum atomic E-state index is -0.622. The topological polar surface area (TPSA) is 95.0 Å². The Morgan fingerprint density at radius 2 is 2.39 bits per heavy atom. The van der Waals surface area contributed by atoms with Crippen molar-refractivity contribution in [2.24, 2.45) is 0 Å². The Kier molecular flexibility index (Phi) is 3.77. The van der Waals surface area contributed by atoms with Gasteiger partial charge < -0.3 is 16.2 Å². The fraction of sp³-hybridized carbons (Fsp3) is 0.167. The highest BCUT2D eigenvalue weighted by Gasteiger charge is 2.10. The van der Waals surface area contributed by atoms with Crippen LogP contribution in [0.2, 0.25) is 0 Å². The average Bonchev–Trinajstić information content (AvgIpc) is 2.91. The molecule has 1 atom stereocenters. The van der Waals surface area contributed by atoms with E-state index in [0.717, 1.165) is 5.56 Å². The number of hydrogen-bond acceptors (Lipinski definition) is 6. The normalized spacial score (nSPS) is 11.8. The Morgan fingerprint density at radius 1 is 1.56 bits per heavy atom. The monoisotopic (exact) mass is 260 g/mol. The van der Waals surface area contributed by atoms with Gasteiger partial charge in [-0.25, -0.2) is 4.98 Å². The maximum absolute atomic E-state index is 9.90. The van der Waals surface area contributed by atoms with E-state index in [9.17, 15) is 5.11 Å². The van der Waals surface area contributed by atoms with Crippen molar-refractivity contribution in [2.45, 2.75) is 6.10 Å². The first-order valence-corrected chi connectivity index (χ1v) is 6.25. The van der Waals surface area contributed by atoms with Gasteiger partial charge in [0, 0.05) is 12.7 Å². The summed E-state index contributed by atoms with van der Waals surface area (Å²) in [6.45, 7) is 0.294. The van der Waals surface area contributed by atoms with Crippen LogP contribution in [0.1, 0.15) is 17.2 Å². The van der Waals surface area contributed by atoms with Crippen molar-refractivity contribution in [2.75, 3.05) is 17.6 Å². The predicted octanol–water partition coefficient (Wildman–Crippen LogP) is 1.74. The van der Waals surface area contributed by atoms with Crippen molar-refractivity contribution in [3.63, 3.8) is 0 Å². The average molecular weight is 260 g/mol. The highest BCUT2D eigenvalue weighted by Crippen LogP contribution is 2.21. The third-order valence-corrected chi connectivity index (χ3v) is 3.20. The zero-order valence-corrected chi connectivity index (χ0v) is 10.3. The Bertz CT molecular complexity index is 562. The lowest BCUT2D eigenvalue weighted by molar-refractivity contribution is 0.192. The molecule has 5 nitrogen and oxygen atoms in total. The number of thiophene rings is 1. The summed E-state index contributed by atoms with van der Waals surface area (Å²) >= 11 is 1.53. The van der Waals surface area contributed by atoms with Crippen molar-refractivity contribution in [1.29, 1.82) is 5.26 Å². The number of pyridine rings is 1. The van der Waals surface area contributed by atoms with Crippen LogP contribution in [0, 0.1) is 11.3 Å². The van der Waals surface area contributed by atoms with Crippen LogP contribution < -0.4 is 11.1 Å². The summed E-state index contributed by atoms with van der Waals surface area (Å²) in [7, 11) is 0. The summed E-state index contributed by atoms with van der Waals surface area (Å²) in [5.41, 5.74) is 7.30. The Hall–Kier alpha value is -2.10. The van der Waals surface area contributed by atoms with Gasteiger partial charge in [-0.2, -0.15) is 16.6 Å². The molecule has 4 N–H and O–H groups in total. The molecule has 0 saturated carbocycles. The van der Waals surface area contributed by atoms with Crippen molar-refractivity contribution in [1.82, 2.24) is 4.98 Å². The van der Waals surface area contributed by atoms with Gasteiger partial charge in [-0.15, -0.1) is 0 Å². The second-order valence-electron chi connectivity index (χ2n) is 3.69. The molecule has 0 spiro atoms. The van der Waals surface area contributed by atoms with Gasteiger partial charge in [-0.3, -0.25) is 0 Å². The Labute approximate surface area is 109 Å². The van der Waals surface area contributed by atoms with Gasteiger partial charge in [-0.1, -0.05) is 0 Å². The summed E-state index contributed by atoms with van der Waals surface area (Å²) in [5.74, 6) is 0.420. The number of nitrogen functional groups attached to an aromatic ring is 1. The third kappa shape index (κ3) is 2.59. The van der Waals surface area contributed by atoms with Crippen LogP contribution in [0.5, 0.6) is 0 Å². The standard InChI is InChI=1S/C12H12N4OS/c13-5-8-1-3-15-12(11(8)14)16-6-10(17)9-2-4-18-7-9/h1-4,7,10,17H,6,14H2,(H,15,16). The first-order valence-electron chi connectivity index (χ1n) is 5.31. The third-order valence-electron chi connectivity index (χ3n) is 2.50. The van der Waals surface area contributed by atoms with Crippen molar-refractivity contribution >= 4 is 22.8 Å². The fourth-order valence-electron chi connectivity index (χ4n) is 1.49. The number of nitrogens with one attached hydrogen (secondary N) is 1. The number of nitriles is 1. The van der Waals surface area contributed by atoms with Gasteiger partial charge in [0.1, 0.15) is 6.07 Å². The molecule has 18 heavy (non-hydrogen) atoms. The highest BCUT2D eigenvalue weighted by molar-refractivity contribution is 7.07. The second-order valence-corrected chi connectivity index (χ2v) is 4.47. The lowest BCUT2D eigenvalue weighted by Gasteiger charge is -2.12. The van der Waals surface area contributed by atoms with Crippen LogP contribution in [0.4, 0.5) is 11.5 Å². The summed E-state index contributed by atoms with van der Waals surface area (Å²) < 4.78 is 0. The molecule has 0 aliphatic carbocycles. The molecule has 0 aliphatic heterocycles. The van der Waals surface area contributed by atoms with Gasteiger partial charge in [0.2, 0.25) is 0 Å². The molecule has 0 saturated heterocycles. The molecule has 2 aromatic heterocycles. The molecule has 0 bridgehead atoms. The fourth-order valence-corrected chi connectivity index (χ4v) is 2.19. The van der Waals surface area contributed by atoms with Gasteiger partial charge in [0.25, 0.3) is 0 Å². The van der Waals surface area contributed by atoms with Gasteiger partial charge in [0.05, 0.1) is 17.4 Å². The number of aliphatic hydroxyl groups excluding tert-OH is 1. The van der Waals surface area contributed by atoms with E-state index in [1.807, 2.05) is 22.9 Å².